The molecule has 0 bridgehead atoms. The molecule has 0 aliphatic carbocycles. The van der Waals surface area contributed by atoms with Gasteiger partial charge in [0, 0.05) is 18.7 Å². The van der Waals surface area contributed by atoms with E-state index in [4.69, 9.17) is 4.74 Å². The predicted molar refractivity (Wildman–Crippen MR) is 62.2 cm³/mol. The molecule has 0 amide bonds. The summed E-state index contributed by atoms with van der Waals surface area (Å²) in [7, 11) is 0. The van der Waals surface area contributed by atoms with E-state index in [9.17, 15) is 10.1 Å². The maximum Gasteiger partial charge on any atom is 0.269 e. The Kier molecular flexibility index (Phi) is 4.92. The maximum atomic E-state index is 10.5. The van der Waals surface area contributed by atoms with Gasteiger partial charge < -0.3 is 4.74 Å². The van der Waals surface area contributed by atoms with Gasteiger partial charge in [0.05, 0.1) is 11.5 Å². The largest absolute Gasteiger partial charge is 0.377 e. The summed E-state index contributed by atoms with van der Waals surface area (Å²) in [5.41, 5.74) is 0.961. The van der Waals surface area contributed by atoms with Crippen molar-refractivity contribution in [2.24, 2.45) is 5.92 Å². The first-order valence-corrected chi connectivity index (χ1v) is 5.40. The number of non-ortho nitro benzene ring substituents is 1. The average Bonchev–Trinajstić information content (AvgIpc) is 2.24. The van der Waals surface area contributed by atoms with Crippen molar-refractivity contribution >= 4 is 5.69 Å². The Morgan fingerprint density at radius 3 is 2.81 bits per heavy atom. The van der Waals surface area contributed by atoms with Gasteiger partial charge in [-0.25, -0.2) is 0 Å². The highest BCUT2D eigenvalue weighted by Crippen LogP contribution is 2.14. The minimum atomic E-state index is -0.391. The molecule has 0 spiro atoms. The van der Waals surface area contributed by atoms with Crippen LogP contribution in [0.15, 0.2) is 24.3 Å². The molecule has 0 N–H and O–H groups in total. The van der Waals surface area contributed by atoms with Crippen LogP contribution in [0.5, 0.6) is 0 Å². The zero-order valence-corrected chi connectivity index (χ0v) is 9.68. The molecule has 4 heteroatoms. The van der Waals surface area contributed by atoms with Crippen LogP contribution < -0.4 is 0 Å². The Morgan fingerprint density at radius 1 is 1.44 bits per heavy atom. The normalized spacial score (nSPS) is 10.7. The van der Waals surface area contributed by atoms with Crippen molar-refractivity contribution in [2.45, 2.75) is 26.9 Å². The molecule has 0 aromatic heterocycles. The molecule has 0 fully saturated rings. The van der Waals surface area contributed by atoms with E-state index < -0.39 is 4.92 Å². The van der Waals surface area contributed by atoms with Crippen LogP contribution in [-0.2, 0) is 11.3 Å². The van der Waals surface area contributed by atoms with E-state index in [0.29, 0.717) is 19.1 Å². The van der Waals surface area contributed by atoms with Gasteiger partial charge in [-0.2, -0.15) is 0 Å². The second-order valence-corrected chi connectivity index (χ2v) is 4.16. The molecule has 1 aromatic carbocycles. The molecular formula is C12H17NO3. The smallest absolute Gasteiger partial charge is 0.269 e. The number of rotatable bonds is 6. The Balaban J connectivity index is 2.42. The lowest BCUT2D eigenvalue weighted by molar-refractivity contribution is -0.384. The highest BCUT2D eigenvalue weighted by atomic mass is 16.6. The summed E-state index contributed by atoms with van der Waals surface area (Å²) in [6.07, 6.45) is 1.01. The second kappa shape index (κ2) is 6.23. The molecule has 0 unspecified atom stereocenters. The molecule has 1 rings (SSSR count). The van der Waals surface area contributed by atoms with E-state index in [1.165, 1.54) is 6.07 Å². The first kappa shape index (κ1) is 12.6. The summed E-state index contributed by atoms with van der Waals surface area (Å²) in [6, 6.07) is 6.55. The first-order chi connectivity index (χ1) is 7.59. The third-order valence-corrected chi connectivity index (χ3v) is 2.23. The van der Waals surface area contributed by atoms with E-state index in [0.717, 1.165) is 12.0 Å². The lowest BCUT2D eigenvalue weighted by Crippen LogP contribution is -1.99. The van der Waals surface area contributed by atoms with Crippen LogP contribution in [0.2, 0.25) is 0 Å². The number of hydrogen-bond acceptors (Lipinski definition) is 3. The van der Waals surface area contributed by atoms with Crippen LogP contribution in [0.1, 0.15) is 25.8 Å². The van der Waals surface area contributed by atoms with Crippen molar-refractivity contribution in [1.29, 1.82) is 0 Å². The molecule has 0 aliphatic rings. The van der Waals surface area contributed by atoms with Crippen molar-refractivity contribution in [3.63, 3.8) is 0 Å². The average molecular weight is 223 g/mol. The minimum absolute atomic E-state index is 0.116. The van der Waals surface area contributed by atoms with Gasteiger partial charge in [-0.1, -0.05) is 26.0 Å². The van der Waals surface area contributed by atoms with Crippen LogP contribution in [0.25, 0.3) is 0 Å². The third-order valence-electron chi connectivity index (χ3n) is 2.23. The zero-order valence-electron chi connectivity index (χ0n) is 9.68. The van der Waals surface area contributed by atoms with E-state index >= 15 is 0 Å². The second-order valence-electron chi connectivity index (χ2n) is 4.16. The summed E-state index contributed by atoms with van der Waals surface area (Å²) in [5, 5.41) is 10.5. The molecule has 0 radical (unpaired) electrons. The lowest BCUT2D eigenvalue weighted by atomic mass is 10.1. The van der Waals surface area contributed by atoms with Crippen LogP contribution in [0.3, 0.4) is 0 Å². The molecule has 0 saturated heterocycles. The summed E-state index contributed by atoms with van der Waals surface area (Å²) < 4.78 is 5.44. The van der Waals surface area contributed by atoms with Gasteiger partial charge in [0.25, 0.3) is 5.69 Å². The van der Waals surface area contributed by atoms with Crippen molar-refractivity contribution in [3.05, 3.63) is 39.9 Å². The van der Waals surface area contributed by atoms with Gasteiger partial charge in [-0.15, -0.1) is 0 Å². The number of benzene rings is 1. The number of hydrogen-bond donors (Lipinski definition) is 0. The molecule has 16 heavy (non-hydrogen) atoms. The number of nitrogens with zero attached hydrogens (tertiary/aromatic N) is 1. The van der Waals surface area contributed by atoms with Gasteiger partial charge in [-0.05, 0) is 17.9 Å². The third kappa shape index (κ3) is 4.40. The van der Waals surface area contributed by atoms with Gasteiger partial charge in [0.1, 0.15) is 0 Å². The summed E-state index contributed by atoms with van der Waals surface area (Å²) in [6.45, 7) is 5.40. The molecule has 0 saturated carbocycles. The fraction of sp³-hybridized carbons (Fsp3) is 0.500. The van der Waals surface area contributed by atoms with Gasteiger partial charge in [0.2, 0.25) is 0 Å². The number of ether oxygens (including phenoxy) is 1. The molecule has 0 aliphatic heterocycles. The Hall–Kier alpha value is -1.42. The van der Waals surface area contributed by atoms with Gasteiger partial charge in [-0.3, -0.25) is 10.1 Å². The molecular weight excluding hydrogens is 206 g/mol. The van der Waals surface area contributed by atoms with Gasteiger partial charge in [0.15, 0.2) is 0 Å². The van der Waals surface area contributed by atoms with Crippen molar-refractivity contribution in [3.8, 4) is 0 Å². The number of nitro groups is 1. The highest BCUT2D eigenvalue weighted by Gasteiger charge is 2.05. The van der Waals surface area contributed by atoms with E-state index in [1.54, 1.807) is 12.1 Å². The fourth-order valence-electron chi connectivity index (χ4n) is 1.27. The summed E-state index contributed by atoms with van der Waals surface area (Å²) in [4.78, 5) is 10.1. The Bertz CT molecular complexity index is 350. The lowest BCUT2D eigenvalue weighted by Gasteiger charge is -2.06. The number of nitro benzene ring substituents is 1. The van der Waals surface area contributed by atoms with E-state index in [1.807, 2.05) is 6.07 Å². The van der Waals surface area contributed by atoms with Gasteiger partial charge >= 0.3 is 0 Å². The molecule has 88 valence electrons. The van der Waals surface area contributed by atoms with Crippen molar-refractivity contribution in [1.82, 2.24) is 0 Å². The SMILES string of the molecule is CC(C)CCOCc1cccc([N+](=O)[O-])c1. The monoisotopic (exact) mass is 223 g/mol. The molecule has 0 atom stereocenters. The Labute approximate surface area is 95.4 Å². The van der Waals surface area contributed by atoms with Crippen LogP contribution in [0, 0.1) is 16.0 Å². The molecule has 1 aromatic rings. The molecule has 4 nitrogen and oxygen atoms in total. The zero-order chi connectivity index (χ0) is 12.0. The maximum absolute atomic E-state index is 10.5. The Morgan fingerprint density at radius 2 is 2.19 bits per heavy atom. The van der Waals surface area contributed by atoms with Crippen molar-refractivity contribution in [2.75, 3.05) is 6.61 Å². The molecule has 0 heterocycles. The van der Waals surface area contributed by atoms with Crippen molar-refractivity contribution < 1.29 is 9.66 Å². The fourth-order valence-corrected chi connectivity index (χ4v) is 1.27. The summed E-state index contributed by atoms with van der Waals surface area (Å²) in [5.74, 6) is 0.616. The van der Waals surface area contributed by atoms with Crippen LogP contribution in [0.4, 0.5) is 5.69 Å². The first-order valence-electron chi connectivity index (χ1n) is 5.40. The quantitative estimate of drug-likeness (QED) is 0.423. The van der Waals surface area contributed by atoms with Crippen LogP contribution >= 0.6 is 0 Å². The predicted octanol–water partition coefficient (Wildman–Crippen LogP) is 3.16. The topological polar surface area (TPSA) is 52.4 Å². The standard InChI is InChI=1S/C12H17NO3/c1-10(2)6-7-16-9-11-4-3-5-12(8-11)13(14)15/h3-5,8,10H,6-7,9H2,1-2H3. The highest BCUT2D eigenvalue weighted by molar-refractivity contribution is 5.33. The minimum Gasteiger partial charge on any atom is -0.377 e. The van der Waals surface area contributed by atoms with Crippen LogP contribution in [-0.4, -0.2) is 11.5 Å². The van der Waals surface area contributed by atoms with E-state index in [-0.39, 0.29) is 5.69 Å². The summed E-state index contributed by atoms with van der Waals surface area (Å²) >= 11 is 0. The van der Waals surface area contributed by atoms with E-state index in [2.05, 4.69) is 13.8 Å².